The van der Waals surface area contributed by atoms with E-state index in [4.69, 9.17) is 0 Å². The van der Waals surface area contributed by atoms with Gasteiger partial charge in [-0.05, 0) is 25.3 Å². The minimum atomic E-state index is 0.636. The molecule has 3 heteroatoms. The topological polar surface area (TPSA) is 34.9 Å². The summed E-state index contributed by atoms with van der Waals surface area (Å²) in [6, 6.07) is 1.93. The van der Waals surface area contributed by atoms with Gasteiger partial charge in [0.05, 0.1) is 5.69 Å². The molecule has 1 aliphatic rings. The Kier molecular flexibility index (Phi) is 2.17. The Morgan fingerprint density at radius 2 is 2.46 bits per heavy atom. The van der Waals surface area contributed by atoms with Crippen LogP contribution in [0.4, 0.5) is 0 Å². The fourth-order valence-corrected chi connectivity index (χ4v) is 1.52. The number of rotatable bonds is 4. The molecule has 1 saturated carbocycles. The Morgan fingerprint density at radius 3 is 3.00 bits per heavy atom. The first-order valence-corrected chi connectivity index (χ1v) is 4.88. The summed E-state index contributed by atoms with van der Waals surface area (Å²) in [7, 11) is 0. The van der Waals surface area contributed by atoms with E-state index in [0.717, 1.165) is 30.6 Å². The van der Waals surface area contributed by atoms with E-state index < -0.39 is 0 Å². The molecule has 13 heavy (non-hydrogen) atoms. The van der Waals surface area contributed by atoms with Gasteiger partial charge in [0.2, 0.25) is 0 Å². The maximum absolute atomic E-state index is 10.7. The largest absolute Gasteiger partial charge is 0.296 e. The lowest BCUT2D eigenvalue weighted by Gasteiger charge is -1.98. The standard InChI is InChI=1S/C10H14N2O/c1-2-5-12-9(7-13)6-10(11-12)8-3-4-8/h6-8H,2-5H2,1H3. The Morgan fingerprint density at radius 1 is 1.69 bits per heavy atom. The molecule has 0 bridgehead atoms. The number of carbonyl (C=O) groups excluding carboxylic acids is 1. The maximum Gasteiger partial charge on any atom is 0.168 e. The van der Waals surface area contributed by atoms with Crippen LogP contribution in [0.3, 0.4) is 0 Å². The third-order valence-electron chi connectivity index (χ3n) is 2.38. The van der Waals surface area contributed by atoms with Crippen LogP contribution in [0.5, 0.6) is 0 Å². The monoisotopic (exact) mass is 178 g/mol. The number of carbonyl (C=O) groups is 1. The fraction of sp³-hybridized carbons (Fsp3) is 0.600. The highest BCUT2D eigenvalue weighted by Gasteiger charge is 2.26. The van der Waals surface area contributed by atoms with Crippen LogP contribution in [0.15, 0.2) is 6.07 Å². The molecule has 0 saturated heterocycles. The van der Waals surface area contributed by atoms with Gasteiger partial charge in [0.1, 0.15) is 5.69 Å². The molecule has 0 aliphatic heterocycles. The van der Waals surface area contributed by atoms with Gasteiger partial charge in [-0.2, -0.15) is 5.10 Å². The van der Waals surface area contributed by atoms with Gasteiger partial charge in [0, 0.05) is 12.5 Å². The van der Waals surface area contributed by atoms with Crippen LogP contribution in [-0.2, 0) is 6.54 Å². The summed E-state index contributed by atoms with van der Waals surface area (Å²) in [4.78, 5) is 10.7. The first-order valence-electron chi connectivity index (χ1n) is 4.88. The molecule has 70 valence electrons. The average molecular weight is 178 g/mol. The van der Waals surface area contributed by atoms with Gasteiger partial charge >= 0.3 is 0 Å². The normalized spacial score (nSPS) is 16.1. The highest BCUT2D eigenvalue weighted by Crippen LogP contribution is 2.39. The van der Waals surface area contributed by atoms with E-state index in [-0.39, 0.29) is 0 Å². The number of aldehydes is 1. The molecule has 0 unspecified atom stereocenters. The van der Waals surface area contributed by atoms with Crippen LogP contribution in [0.1, 0.15) is 48.3 Å². The van der Waals surface area contributed by atoms with Crippen LogP contribution in [-0.4, -0.2) is 16.1 Å². The van der Waals surface area contributed by atoms with Crippen molar-refractivity contribution >= 4 is 6.29 Å². The number of aromatic nitrogens is 2. The predicted octanol–water partition coefficient (Wildman–Crippen LogP) is 1.98. The van der Waals surface area contributed by atoms with E-state index >= 15 is 0 Å². The van der Waals surface area contributed by atoms with Crippen LogP contribution in [0, 0.1) is 0 Å². The van der Waals surface area contributed by atoms with Crippen LogP contribution < -0.4 is 0 Å². The zero-order chi connectivity index (χ0) is 9.26. The van der Waals surface area contributed by atoms with Gasteiger partial charge in [-0.1, -0.05) is 6.92 Å². The molecule has 1 aromatic rings. The van der Waals surface area contributed by atoms with Crippen molar-refractivity contribution in [1.82, 2.24) is 9.78 Å². The van der Waals surface area contributed by atoms with Gasteiger partial charge in [0.15, 0.2) is 6.29 Å². The molecule has 0 spiro atoms. The van der Waals surface area contributed by atoms with Crippen molar-refractivity contribution in [3.8, 4) is 0 Å². The van der Waals surface area contributed by atoms with Gasteiger partial charge in [0.25, 0.3) is 0 Å². The first kappa shape index (κ1) is 8.48. The van der Waals surface area contributed by atoms with Crippen molar-refractivity contribution in [3.63, 3.8) is 0 Å². The fourth-order valence-electron chi connectivity index (χ4n) is 1.52. The minimum Gasteiger partial charge on any atom is -0.296 e. The van der Waals surface area contributed by atoms with Crippen molar-refractivity contribution < 1.29 is 4.79 Å². The van der Waals surface area contributed by atoms with Crippen molar-refractivity contribution in [2.24, 2.45) is 0 Å². The zero-order valence-electron chi connectivity index (χ0n) is 7.86. The molecule has 0 atom stereocenters. The van der Waals surface area contributed by atoms with E-state index in [1.165, 1.54) is 12.8 Å². The summed E-state index contributed by atoms with van der Waals surface area (Å²) in [6.45, 7) is 2.94. The van der Waals surface area contributed by atoms with Gasteiger partial charge in [-0.15, -0.1) is 0 Å². The second-order valence-electron chi connectivity index (χ2n) is 3.61. The second-order valence-corrected chi connectivity index (χ2v) is 3.61. The number of hydrogen-bond acceptors (Lipinski definition) is 2. The summed E-state index contributed by atoms with van der Waals surface area (Å²) >= 11 is 0. The highest BCUT2D eigenvalue weighted by atomic mass is 16.1. The Labute approximate surface area is 77.7 Å². The van der Waals surface area contributed by atoms with Crippen LogP contribution >= 0.6 is 0 Å². The smallest absolute Gasteiger partial charge is 0.168 e. The van der Waals surface area contributed by atoms with Crippen molar-refractivity contribution in [1.29, 1.82) is 0 Å². The van der Waals surface area contributed by atoms with Crippen molar-refractivity contribution in [2.75, 3.05) is 0 Å². The van der Waals surface area contributed by atoms with Crippen LogP contribution in [0.2, 0.25) is 0 Å². The summed E-state index contributed by atoms with van der Waals surface area (Å²) < 4.78 is 1.82. The second kappa shape index (κ2) is 3.32. The van der Waals surface area contributed by atoms with Crippen molar-refractivity contribution in [3.05, 3.63) is 17.5 Å². The number of nitrogens with zero attached hydrogens (tertiary/aromatic N) is 2. The SMILES string of the molecule is CCCn1nc(C2CC2)cc1C=O. The summed E-state index contributed by atoms with van der Waals surface area (Å²) in [5.41, 5.74) is 1.83. The minimum absolute atomic E-state index is 0.636. The van der Waals surface area contributed by atoms with E-state index in [9.17, 15) is 4.79 Å². The molecule has 1 aliphatic carbocycles. The molecule has 2 rings (SSSR count). The highest BCUT2D eigenvalue weighted by molar-refractivity contribution is 5.72. The number of hydrogen-bond donors (Lipinski definition) is 0. The summed E-state index contributed by atoms with van der Waals surface area (Å²) in [6.07, 6.45) is 4.39. The molecule has 0 radical (unpaired) electrons. The molecule has 0 N–H and O–H groups in total. The molecule has 0 amide bonds. The maximum atomic E-state index is 10.7. The van der Waals surface area contributed by atoms with Gasteiger partial charge in [-0.3, -0.25) is 9.48 Å². The zero-order valence-corrected chi connectivity index (χ0v) is 7.86. The van der Waals surface area contributed by atoms with Crippen molar-refractivity contribution in [2.45, 2.75) is 38.6 Å². The summed E-state index contributed by atoms with van der Waals surface area (Å²) in [5, 5.41) is 4.42. The van der Waals surface area contributed by atoms with Crippen LogP contribution in [0.25, 0.3) is 0 Å². The van der Waals surface area contributed by atoms with Gasteiger partial charge < -0.3 is 0 Å². The van der Waals surface area contributed by atoms with E-state index in [1.807, 2.05) is 10.7 Å². The molecular weight excluding hydrogens is 164 g/mol. The lowest BCUT2D eigenvalue weighted by molar-refractivity contribution is 0.111. The van der Waals surface area contributed by atoms with E-state index in [2.05, 4.69) is 12.0 Å². The third-order valence-corrected chi connectivity index (χ3v) is 2.38. The molecule has 3 nitrogen and oxygen atoms in total. The molecule has 1 heterocycles. The quantitative estimate of drug-likeness (QED) is 0.661. The van der Waals surface area contributed by atoms with Gasteiger partial charge in [-0.25, -0.2) is 0 Å². The molecule has 1 fully saturated rings. The lowest BCUT2D eigenvalue weighted by Crippen LogP contribution is -2.03. The number of aryl methyl sites for hydroxylation is 1. The Balaban J connectivity index is 2.24. The predicted molar refractivity (Wildman–Crippen MR) is 49.9 cm³/mol. The molecule has 0 aromatic carbocycles. The Bertz CT molecular complexity index is 313. The first-order chi connectivity index (χ1) is 6.35. The average Bonchev–Trinajstić information content (AvgIpc) is 2.90. The molecular formula is C10H14N2O. The molecule has 1 aromatic heterocycles. The summed E-state index contributed by atoms with van der Waals surface area (Å²) in [5.74, 6) is 0.636. The van der Waals surface area contributed by atoms with E-state index in [1.54, 1.807) is 0 Å². The van der Waals surface area contributed by atoms with E-state index in [0.29, 0.717) is 5.92 Å². The third kappa shape index (κ3) is 1.64. The Hall–Kier alpha value is -1.12. The lowest BCUT2D eigenvalue weighted by atomic mass is 10.3.